The molecular weight excluding hydrogens is 492 g/mol. The highest BCUT2D eigenvalue weighted by atomic mass is 32.2. The van der Waals surface area contributed by atoms with E-state index in [-0.39, 0.29) is 17.8 Å². The summed E-state index contributed by atoms with van der Waals surface area (Å²) < 4.78 is 35.1. The fraction of sp³-hybridized carbons (Fsp3) is 0.538. The molecule has 0 atom stereocenters. The van der Waals surface area contributed by atoms with Crippen molar-refractivity contribution >= 4 is 27.6 Å². The highest BCUT2D eigenvalue weighted by Gasteiger charge is 2.31. The van der Waals surface area contributed by atoms with Gasteiger partial charge < -0.3 is 9.64 Å². The number of piperazine rings is 1. The number of nitrogens with zero attached hydrogens (tertiary/aromatic N) is 6. The molecule has 4 rings (SSSR count). The lowest BCUT2D eigenvalue weighted by molar-refractivity contribution is -0.143. The smallest absolute Gasteiger partial charge is 0.306 e. The van der Waals surface area contributed by atoms with E-state index < -0.39 is 10.0 Å². The number of hydrogen-bond acceptors (Lipinski definition) is 8. The van der Waals surface area contributed by atoms with Crippen molar-refractivity contribution in [2.24, 2.45) is 0 Å². The summed E-state index contributed by atoms with van der Waals surface area (Å²) in [7, 11) is -3.62. The highest BCUT2D eigenvalue weighted by molar-refractivity contribution is 7.89. The molecule has 2 aromatic heterocycles. The summed E-state index contributed by atoms with van der Waals surface area (Å²) in [5.41, 5.74) is 2.77. The van der Waals surface area contributed by atoms with Crippen LogP contribution in [0.25, 0.3) is 5.78 Å². The highest BCUT2D eigenvalue weighted by Crippen LogP contribution is 2.30. The number of fused-ring (bicyclic) bond motifs is 1. The van der Waals surface area contributed by atoms with Crippen molar-refractivity contribution in [1.82, 2.24) is 23.9 Å². The average Bonchev–Trinajstić information content (AvgIpc) is 3.35. The Bertz CT molecular complexity index is 1360. The summed E-state index contributed by atoms with van der Waals surface area (Å²) in [5, 5.41) is 4.36. The van der Waals surface area contributed by atoms with E-state index >= 15 is 0 Å². The Morgan fingerprint density at radius 2 is 1.76 bits per heavy atom. The molecule has 200 valence electrons. The van der Waals surface area contributed by atoms with E-state index in [0.29, 0.717) is 49.9 Å². The van der Waals surface area contributed by atoms with Crippen LogP contribution >= 0.6 is 0 Å². The van der Waals surface area contributed by atoms with Crippen molar-refractivity contribution < 1.29 is 17.9 Å². The van der Waals surface area contributed by atoms with Crippen LogP contribution in [0.4, 0.5) is 5.82 Å². The number of sulfonamides is 1. The third-order valence-electron chi connectivity index (χ3n) is 7.28. The molecule has 1 fully saturated rings. The Morgan fingerprint density at radius 1 is 1.08 bits per heavy atom. The van der Waals surface area contributed by atoms with E-state index in [2.05, 4.69) is 40.7 Å². The maximum atomic E-state index is 13.4. The van der Waals surface area contributed by atoms with Crippen LogP contribution < -0.4 is 4.90 Å². The summed E-state index contributed by atoms with van der Waals surface area (Å²) in [6.45, 7) is 12.1. The first-order valence-electron chi connectivity index (χ1n) is 12.8. The lowest BCUT2D eigenvalue weighted by Crippen LogP contribution is -2.49. The molecule has 1 aromatic carbocycles. The zero-order chi connectivity index (χ0) is 26.8. The number of benzene rings is 1. The minimum Gasteiger partial charge on any atom is -0.466 e. The fourth-order valence-electron chi connectivity index (χ4n) is 4.62. The molecule has 1 aliphatic rings. The molecule has 0 bridgehead atoms. The van der Waals surface area contributed by atoms with Gasteiger partial charge in [-0.3, -0.25) is 4.79 Å². The number of aryl methyl sites for hydroxylation is 1. The van der Waals surface area contributed by atoms with Crippen molar-refractivity contribution in [2.75, 3.05) is 37.7 Å². The van der Waals surface area contributed by atoms with Gasteiger partial charge in [0.1, 0.15) is 12.1 Å². The maximum absolute atomic E-state index is 13.4. The Hall–Kier alpha value is -3.05. The van der Waals surface area contributed by atoms with Gasteiger partial charge in [0, 0.05) is 43.9 Å². The minimum absolute atomic E-state index is 0.00569. The predicted molar refractivity (Wildman–Crippen MR) is 141 cm³/mol. The van der Waals surface area contributed by atoms with Crippen molar-refractivity contribution in [3.05, 3.63) is 47.4 Å². The summed E-state index contributed by atoms with van der Waals surface area (Å²) in [5.74, 6) is 1.00. The molecular formula is C26H36N6O4S. The summed E-state index contributed by atoms with van der Waals surface area (Å²) in [4.78, 5) is 23.2. The molecule has 3 aromatic rings. The third-order valence-corrected chi connectivity index (χ3v) is 9.20. The van der Waals surface area contributed by atoms with Gasteiger partial charge in [-0.15, -0.1) is 0 Å². The quantitative estimate of drug-likeness (QED) is 0.390. The van der Waals surface area contributed by atoms with E-state index in [0.717, 1.165) is 29.1 Å². The monoisotopic (exact) mass is 528 g/mol. The van der Waals surface area contributed by atoms with Crippen LogP contribution in [0.3, 0.4) is 0 Å². The molecule has 0 radical (unpaired) electrons. The van der Waals surface area contributed by atoms with E-state index in [1.165, 1.54) is 10.6 Å². The third kappa shape index (κ3) is 5.47. The van der Waals surface area contributed by atoms with Crippen molar-refractivity contribution in [3.8, 4) is 0 Å². The Kier molecular flexibility index (Phi) is 7.84. The topological polar surface area (TPSA) is 110 Å². The number of carbonyl (C=O) groups is 1. The van der Waals surface area contributed by atoms with E-state index in [9.17, 15) is 13.2 Å². The molecule has 0 spiro atoms. The zero-order valence-corrected chi connectivity index (χ0v) is 23.1. The first-order valence-corrected chi connectivity index (χ1v) is 14.2. The molecule has 10 nitrogen and oxygen atoms in total. The maximum Gasteiger partial charge on any atom is 0.306 e. The second-order valence-electron chi connectivity index (χ2n) is 9.93. The number of ether oxygens (including phenoxy) is 1. The summed E-state index contributed by atoms with van der Waals surface area (Å²) in [6, 6.07) is 7.27. The molecule has 0 saturated carbocycles. The van der Waals surface area contributed by atoms with Crippen LogP contribution in [0.15, 0.2) is 35.5 Å². The van der Waals surface area contributed by atoms with Gasteiger partial charge in [-0.1, -0.05) is 32.9 Å². The number of rotatable bonds is 9. The molecule has 11 heteroatoms. The van der Waals surface area contributed by atoms with Gasteiger partial charge in [-0.05, 0) is 49.8 Å². The predicted octanol–water partition coefficient (Wildman–Crippen LogP) is 3.13. The van der Waals surface area contributed by atoms with Crippen LogP contribution in [-0.4, -0.2) is 71.1 Å². The molecule has 0 N–H and O–H groups in total. The van der Waals surface area contributed by atoms with E-state index in [1.807, 2.05) is 19.1 Å². The van der Waals surface area contributed by atoms with Crippen molar-refractivity contribution in [3.63, 3.8) is 0 Å². The Morgan fingerprint density at radius 3 is 2.38 bits per heavy atom. The number of carbonyl (C=O) groups excluding carboxylic acids is 1. The molecule has 1 aliphatic heterocycles. The molecule has 37 heavy (non-hydrogen) atoms. The van der Waals surface area contributed by atoms with Gasteiger partial charge in [-0.2, -0.15) is 18.9 Å². The standard InChI is InChI=1S/C26H36N6O4S/c1-6-26(4,5)20-8-10-21(11-9-20)37(34,35)31-16-14-30(15-17-31)24-22(12-13-23(33)36-7-2)19(3)29-25-27-18-28-32(24)25/h8-11,18H,6-7,12-17H2,1-5H3. The normalized spacial score (nSPS) is 15.3. The van der Waals surface area contributed by atoms with Crippen molar-refractivity contribution in [2.45, 2.75) is 64.2 Å². The Labute approximate surface area is 218 Å². The summed E-state index contributed by atoms with van der Waals surface area (Å²) >= 11 is 0. The summed E-state index contributed by atoms with van der Waals surface area (Å²) in [6.07, 6.45) is 3.09. The van der Waals surface area contributed by atoms with Gasteiger partial charge in [0.2, 0.25) is 10.0 Å². The van der Waals surface area contributed by atoms with E-state index in [1.54, 1.807) is 23.6 Å². The SMILES string of the molecule is CCOC(=O)CCc1c(C)nc2ncnn2c1N1CCN(S(=O)(=O)c2ccc(C(C)(C)CC)cc2)CC1. The van der Waals surface area contributed by atoms with Crippen LogP contribution in [0.2, 0.25) is 0 Å². The van der Waals surface area contributed by atoms with Gasteiger partial charge in [0.25, 0.3) is 5.78 Å². The molecule has 0 aliphatic carbocycles. The molecule has 3 heterocycles. The molecule has 0 amide bonds. The lowest BCUT2D eigenvalue weighted by Gasteiger charge is -2.36. The largest absolute Gasteiger partial charge is 0.466 e. The van der Waals surface area contributed by atoms with Crippen LogP contribution in [0, 0.1) is 6.92 Å². The second kappa shape index (κ2) is 10.7. The van der Waals surface area contributed by atoms with Gasteiger partial charge >= 0.3 is 5.97 Å². The zero-order valence-electron chi connectivity index (χ0n) is 22.3. The lowest BCUT2D eigenvalue weighted by atomic mass is 9.82. The van der Waals surface area contributed by atoms with Gasteiger partial charge in [0.15, 0.2) is 0 Å². The minimum atomic E-state index is -3.62. The van der Waals surface area contributed by atoms with Crippen LogP contribution in [-0.2, 0) is 31.4 Å². The number of aromatic nitrogens is 4. The second-order valence-corrected chi connectivity index (χ2v) is 11.9. The number of anilines is 1. The van der Waals surface area contributed by atoms with E-state index in [4.69, 9.17) is 4.74 Å². The van der Waals surface area contributed by atoms with Crippen molar-refractivity contribution in [1.29, 1.82) is 0 Å². The Balaban J connectivity index is 1.55. The number of esters is 1. The van der Waals surface area contributed by atoms with Crippen LogP contribution in [0.1, 0.15) is 57.4 Å². The number of hydrogen-bond donors (Lipinski definition) is 0. The molecule has 0 unspecified atom stereocenters. The van der Waals surface area contributed by atoms with Gasteiger partial charge in [-0.25, -0.2) is 13.4 Å². The molecule has 1 saturated heterocycles. The first-order chi connectivity index (χ1) is 17.6. The average molecular weight is 529 g/mol. The first kappa shape index (κ1) is 27.0. The fourth-order valence-corrected chi connectivity index (χ4v) is 6.04. The van der Waals surface area contributed by atoms with Crippen LogP contribution in [0.5, 0.6) is 0 Å². The van der Waals surface area contributed by atoms with Gasteiger partial charge in [0.05, 0.1) is 11.5 Å².